The van der Waals surface area contributed by atoms with Crippen molar-refractivity contribution in [2.45, 2.75) is 19.3 Å². The SMILES string of the molecule is Cc1cccn2nc(C3CCN(C)C3)nc12. The van der Waals surface area contributed by atoms with Crippen molar-refractivity contribution in [1.29, 1.82) is 0 Å². The largest absolute Gasteiger partial charge is 0.306 e. The van der Waals surface area contributed by atoms with Gasteiger partial charge in [0.25, 0.3) is 0 Å². The lowest BCUT2D eigenvalue weighted by atomic mass is 10.1. The molecule has 1 aliphatic rings. The molecule has 2 aromatic rings. The molecule has 0 radical (unpaired) electrons. The summed E-state index contributed by atoms with van der Waals surface area (Å²) < 4.78 is 1.89. The maximum atomic E-state index is 4.65. The Kier molecular flexibility index (Phi) is 2.17. The van der Waals surface area contributed by atoms with Gasteiger partial charge >= 0.3 is 0 Å². The molecule has 0 spiro atoms. The van der Waals surface area contributed by atoms with Crippen LogP contribution in [0.1, 0.15) is 23.7 Å². The summed E-state index contributed by atoms with van der Waals surface area (Å²) >= 11 is 0. The van der Waals surface area contributed by atoms with E-state index < -0.39 is 0 Å². The van der Waals surface area contributed by atoms with Crippen molar-refractivity contribution in [3.8, 4) is 0 Å². The minimum atomic E-state index is 0.504. The second kappa shape index (κ2) is 3.56. The molecule has 1 fully saturated rings. The molecule has 4 nitrogen and oxygen atoms in total. The fourth-order valence-electron chi connectivity index (χ4n) is 2.37. The van der Waals surface area contributed by atoms with E-state index >= 15 is 0 Å². The zero-order valence-electron chi connectivity index (χ0n) is 9.72. The maximum Gasteiger partial charge on any atom is 0.158 e. The van der Waals surface area contributed by atoms with E-state index in [4.69, 9.17) is 0 Å². The van der Waals surface area contributed by atoms with Gasteiger partial charge in [-0.15, -0.1) is 0 Å². The van der Waals surface area contributed by atoms with E-state index in [9.17, 15) is 0 Å². The third-order valence-corrected chi connectivity index (χ3v) is 3.33. The first-order valence-corrected chi connectivity index (χ1v) is 5.74. The summed E-state index contributed by atoms with van der Waals surface area (Å²) in [7, 11) is 2.15. The van der Waals surface area contributed by atoms with Crippen LogP contribution in [-0.4, -0.2) is 39.6 Å². The Morgan fingerprint density at radius 3 is 3.00 bits per heavy atom. The molecule has 1 atom stereocenters. The highest BCUT2D eigenvalue weighted by molar-refractivity contribution is 5.46. The van der Waals surface area contributed by atoms with Crippen LogP contribution >= 0.6 is 0 Å². The van der Waals surface area contributed by atoms with Gasteiger partial charge in [0.1, 0.15) is 0 Å². The number of rotatable bonds is 1. The van der Waals surface area contributed by atoms with Gasteiger partial charge in [0, 0.05) is 18.7 Å². The Morgan fingerprint density at radius 2 is 2.31 bits per heavy atom. The Bertz CT molecular complexity index is 517. The summed E-state index contributed by atoms with van der Waals surface area (Å²) in [5.74, 6) is 1.50. The van der Waals surface area contributed by atoms with Crippen molar-refractivity contribution in [3.63, 3.8) is 0 Å². The monoisotopic (exact) mass is 216 g/mol. The third-order valence-electron chi connectivity index (χ3n) is 3.33. The first kappa shape index (κ1) is 9.78. The van der Waals surface area contributed by atoms with Crippen LogP contribution < -0.4 is 0 Å². The highest BCUT2D eigenvalue weighted by atomic mass is 15.3. The second-order valence-corrected chi connectivity index (χ2v) is 4.68. The molecule has 0 saturated carbocycles. The minimum absolute atomic E-state index is 0.504. The standard InChI is InChI=1S/C12H16N4/c1-9-4-3-6-16-12(9)13-11(14-16)10-5-7-15(2)8-10/h3-4,6,10H,5,7-8H2,1-2H3. The number of hydrogen-bond acceptors (Lipinski definition) is 3. The molecule has 3 rings (SSSR count). The fraction of sp³-hybridized carbons (Fsp3) is 0.500. The normalized spacial score (nSPS) is 22.0. The van der Waals surface area contributed by atoms with Crippen LogP contribution in [0.5, 0.6) is 0 Å². The molecular formula is C12H16N4. The molecule has 2 aromatic heterocycles. The number of likely N-dealkylation sites (N-methyl/N-ethyl adjacent to an activating group) is 1. The minimum Gasteiger partial charge on any atom is -0.306 e. The Labute approximate surface area is 94.9 Å². The summed E-state index contributed by atoms with van der Waals surface area (Å²) in [4.78, 5) is 6.99. The van der Waals surface area contributed by atoms with Gasteiger partial charge < -0.3 is 4.90 Å². The molecule has 16 heavy (non-hydrogen) atoms. The number of fused-ring (bicyclic) bond motifs is 1. The van der Waals surface area contributed by atoms with Gasteiger partial charge in [0.05, 0.1) is 0 Å². The molecule has 84 valence electrons. The first-order valence-electron chi connectivity index (χ1n) is 5.74. The van der Waals surface area contributed by atoms with Crippen molar-refractivity contribution >= 4 is 5.65 Å². The van der Waals surface area contributed by atoms with E-state index in [0.717, 1.165) is 24.6 Å². The van der Waals surface area contributed by atoms with Gasteiger partial charge in [0.15, 0.2) is 11.5 Å². The topological polar surface area (TPSA) is 33.4 Å². The van der Waals surface area contributed by atoms with Crippen LogP contribution in [0, 0.1) is 6.92 Å². The average Bonchev–Trinajstić information content (AvgIpc) is 2.84. The van der Waals surface area contributed by atoms with Gasteiger partial charge in [-0.1, -0.05) is 6.07 Å². The van der Waals surface area contributed by atoms with Crippen LogP contribution in [0.15, 0.2) is 18.3 Å². The quantitative estimate of drug-likeness (QED) is 0.723. The van der Waals surface area contributed by atoms with Crippen molar-refractivity contribution in [2.24, 2.45) is 0 Å². The van der Waals surface area contributed by atoms with Crippen molar-refractivity contribution in [3.05, 3.63) is 29.7 Å². The molecule has 3 heterocycles. The second-order valence-electron chi connectivity index (χ2n) is 4.68. The summed E-state index contributed by atoms with van der Waals surface area (Å²) in [5.41, 5.74) is 2.18. The van der Waals surface area contributed by atoms with Crippen LogP contribution in [0.3, 0.4) is 0 Å². The molecule has 4 heteroatoms. The predicted octanol–water partition coefficient (Wildman–Crippen LogP) is 1.46. The van der Waals surface area contributed by atoms with E-state index in [1.54, 1.807) is 0 Å². The third kappa shape index (κ3) is 1.50. The van der Waals surface area contributed by atoms with Crippen molar-refractivity contribution < 1.29 is 0 Å². The average molecular weight is 216 g/mol. The molecule has 0 amide bonds. The fourth-order valence-corrected chi connectivity index (χ4v) is 2.37. The summed E-state index contributed by atoms with van der Waals surface area (Å²) in [5, 5.41) is 4.57. The molecular weight excluding hydrogens is 200 g/mol. The smallest absolute Gasteiger partial charge is 0.158 e. The zero-order valence-corrected chi connectivity index (χ0v) is 9.72. The zero-order chi connectivity index (χ0) is 11.1. The molecule has 1 unspecified atom stereocenters. The number of aryl methyl sites for hydroxylation is 1. The van der Waals surface area contributed by atoms with E-state index in [-0.39, 0.29) is 0 Å². The number of likely N-dealkylation sites (tertiary alicyclic amines) is 1. The summed E-state index contributed by atoms with van der Waals surface area (Å²) in [6.45, 7) is 4.31. The Balaban J connectivity index is 2.02. The highest BCUT2D eigenvalue weighted by Gasteiger charge is 2.24. The number of nitrogens with zero attached hydrogens (tertiary/aromatic N) is 4. The lowest BCUT2D eigenvalue weighted by molar-refractivity contribution is 0.409. The molecule has 0 bridgehead atoms. The van der Waals surface area contributed by atoms with Gasteiger partial charge in [-0.05, 0) is 38.6 Å². The molecule has 0 N–H and O–H groups in total. The lowest BCUT2D eigenvalue weighted by Crippen LogP contribution is -2.13. The Morgan fingerprint density at radius 1 is 1.44 bits per heavy atom. The highest BCUT2D eigenvalue weighted by Crippen LogP contribution is 2.24. The van der Waals surface area contributed by atoms with Gasteiger partial charge in [-0.3, -0.25) is 0 Å². The molecule has 0 aromatic carbocycles. The number of aromatic nitrogens is 3. The van der Waals surface area contributed by atoms with E-state index in [2.05, 4.69) is 35.0 Å². The number of pyridine rings is 1. The van der Waals surface area contributed by atoms with Gasteiger partial charge in [-0.25, -0.2) is 9.50 Å². The van der Waals surface area contributed by atoms with Crippen molar-refractivity contribution in [2.75, 3.05) is 20.1 Å². The predicted molar refractivity (Wildman–Crippen MR) is 62.6 cm³/mol. The van der Waals surface area contributed by atoms with Gasteiger partial charge in [-0.2, -0.15) is 5.10 Å². The maximum absolute atomic E-state index is 4.65. The summed E-state index contributed by atoms with van der Waals surface area (Å²) in [6.07, 6.45) is 3.14. The first-order chi connectivity index (χ1) is 7.74. The van der Waals surface area contributed by atoms with Crippen molar-refractivity contribution in [1.82, 2.24) is 19.5 Å². The molecule has 0 aliphatic carbocycles. The van der Waals surface area contributed by atoms with Crippen LogP contribution in [0.25, 0.3) is 5.65 Å². The van der Waals surface area contributed by atoms with E-state index in [1.807, 2.05) is 16.8 Å². The Hall–Kier alpha value is -1.42. The molecule has 1 aliphatic heterocycles. The van der Waals surface area contributed by atoms with Crippen LogP contribution in [0.4, 0.5) is 0 Å². The number of hydrogen-bond donors (Lipinski definition) is 0. The van der Waals surface area contributed by atoms with Crippen LogP contribution in [0.2, 0.25) is 0 Å². The lowest BCUT2D eigenvalue weighted by Gasteiger charge is -2.05. The van der Waals surface area contributed by atoms with Crippen LogP contribution in [-0.2, 0) is 0 Å². The van der Waals surface area contributed by atoms with E-state index in [0.29, 0.717) is 5.92 Å². The molecule has 1 saturated heterocycles. The van der Waals surface area contributed by atoms with Gasteiger partial charge in [0.2, 0.25) is 0 Å². The van der Waals surface area contributed by atoms with E-state index in [1.165, 1.54) is 12.0 Å². The summed E-state index contributed by atoms with van der Waals surface area (Å²) in [6, 6.07) is 4.09.